The number of aliphatic hydroxyl groups excluding tert-OH is 11. The van der Waals surface area contributed by atoms with Crippen LogP contribution >= 0.6 is 0 Å². The number of aliphatic hydroxyl groups is 11. The zero-order chi connectivity index (χ0) is 61.2. The molecule has 0 aromatic heterocycles. The van der Waals surface area contributed by atoms with Crippen molar-refractivity contribution >= 4 is 5.91 Å². The van der Waals surface area contributed by atoms with E-state index in [2.05, 4.69) is 67.8 Å². The fraction of sp³-hybridized carbons (Fsp3) is 0.831. The fourth-order valence-electron chi connectivity index (χ4n) is 10.7. The second kappa shape index (κ2) is 47.5. The van der Waals surface area contributed by atoms with Crippen LogP contribution in [0.4, 0.5) is 0 Å². The predicted octanol–water partition coefficient (Wildman–Crippen LogP) is 7.21. The quantitative estimate of drug-likeness (QED) is 0.0211. The average Bonchev–Trinajstić information content (AvgIpc) is 2.79. The van der Waals surface area contributed by atoms with Crippen LogP contribution in [-0.4, -0.2) is 193 Å². The molecule has 0 aromatic rings. The minimum absolute atomic E-state index is 0.225. The molecule has 0 aliphatic carbocycles. The van der Waals surface area contributed by atoms with E-state index in [0.717, 1.165) is 64.2 Å². The Morgan fingerprint density at radius 2 is 0.798 bits per heavy atom. The maximum Gasteiger partial charge on any atom is 0.220 e. The lowest BCUT2D eigenvalue weighted by Gasteiger charge is -2.48. The Labute approximate surface area is 503 Å². The number of hydrogen-bond acceptors (Lipinski definition) is 18. The summed E-state index contributed by atoms with van der Waals surface area (Å²) in [6.07, 6.45) is 29.0. The molecule has 19 nitrogen and oxygen atoms in total. The largest absolute Gasteiger partial charge is 0.394 e. The van der Waals surface area contributed by atoms with E-state index in [-0.39, 0.29) is 18.9 Å². The third-order valence-electron chi connectivity index (χ3n) is 16.0. The highest BCUT2D eigenvalue weighted by Crippen LogP contribution is 2.33. The molecule has 3 aliphatic rings. The first-order valence-corrected chi connectivity index (χ1v) is 32.5. The first-order chi connectivity index (χ1) is 40.8. The van der Waals surface area contributed by atoms with Gasteiger partial charge in [-0.1, -0.05) is 190 Å². The third kappa shape index (κ3) is 30.1. The van der Waals surface area contributed by atoms with Crippen LogP contribution in [0.25, 0.3) is 0 Å². The van der Waals surface area contributed by atoms with Crippen LogP contribution in [0.1, 0.15) is 213 Å². The zero-order valence-electron chi connectivity index (χ0n) is 51.1. The lowest BCUT2D eigenvalue weighted by molar-refractivity contribution is -0.379. The van der Waals surface area contributed by atoms with Crippen LogP contribution in [0.3, 0.4) is 0 Å². The Hall–Kier alpha value is -2.51. The van der Waals surface area contributed by atoms with Crippen molar-refractivity contribution in [3.63, 3.8) is 0 Å². The van der Waals surface area contributed by atoms with Gasteiger partial charge in [-0.05, 0) is 77.0 Å². The van der Waals surface area contributed by atoms with Crippen molar-refractivity contribution in [1.29, 1.82) is 0 Å². The van der Waals surface area contributed by atoms with E-state index in [9.17, 15) is 61.0 Å². The Balaban J connectivity index is 1.50. The first kappa shape index (κ1) is 75.7. The van der Waals surface area contributed by atoms with Gasteiger partial charge in [-0.15, -0.1) is 0 Å². The second-order valence-electron chi connectivity index (χ2n) is 23.2. The van der Waals surface area contributed by atoms with Gasteiger partial charge in [0.25, 0.3) is 0 Å². The van der Waals surface area contributed by atoms with E-state index >= 15 is 0 Å². The zero-order valence-corrected chi connectivity index (χ0v) is 51.1. The smallest absolute Gasteiger partial charge is 0.220 e. The number of hydrogen-bond donors (Lipinski definition) is 12. The van der Waals surface area contributed by atoms with Crippen molar-refractivity contribution in [2.24, 2.45) is 0 Å². The molecule has 1 amide bonds. The maximum atomic E-state index is 13.4. The summed E-state index contributed by atoms with van der Waals surface area (Å²) >= 11 is 0. The Morgan fingerprint density at radius 3 is 1.29 bits per heavy atom. The number of carbonyl (C=O) groups excluding carboxylic acids is 1. The summed E-state index contributed by atoms with van der Waals surface area (Å²) in [7, 11) is 0. The van der Waals surface area contributed by atoms with Crippen LogP contribution in [0.15, 0.2) is 60.8 Å². The maximum absolute atomic E-state index is 13.4. The Morgan fingerprint density at radius 1 is 0.429 bits per heavy atom. The van der Waals surface area contributed by atoms with Crippen LogP contribution in [-0.2, 0) is 33.2 Å². The number of rotatable bonds is 48. The van der Waals surface area contributed by atoms with Crippen LogP contribution in [0.2, 0.25) is 0 Å². The van der Waals surface area contributed by atoms with Crippen molar-refractivity contribution in [2.45, 2.75) is 317 Å². The fourth-order valence-corrected chi connectivity index (χ4v) is 10.7. The lowest BCUT2D eigenvalue weighted by atomic mass is 9.96. The van der Waals surface area contributed by atoms with Gasteiger partial charge in [-0.2, -0.15) is 0 Å². The third-order valence-corrected chi connectivity index (χ3v) is 16.0. The van der Waals surface area contributed by atoms with E-state index < -0.39 is 124 Å². The highest BCUT2D eigenvalue weighted by molar-refractivity contribution is 5.76. The molecule has 17 unspecified atom stereocenters. The van der Waals surface area contributed by atoms with Gasteiger partial charge >= 0.3 is 0 Å². The van der Waals surface area contributed by atoms with E-state index in [4.69, 9.17) is 28.4 Å². The molecule has 84 heavy (non-hydrogen) atoms. The number of unbranched alkanes of at least 4 members (excludes halogenated alkanes) is 24. The van der Waals surface area contributed by atoms with Gasteiger partial charge in [0.15, 0.2) is 18.9 Å². The summed E-state index contributed by atoms with van der Waals surface area (Å²) < 4.78 is 34.3. The summed E-state index contributed by atoms with van der Waals surface area (Å²) in [4.78, 5) is 13.4. The van der Waals surface area contributed by atoms with Gasteiger partial charge in [0, 0.05) is 6.42 Å². The molecule has 488 valence electrons. The summed E-state index contributed by atoms with van der Waals surface area (Å²) in [5, 5.41) is 120. The van der Waals surface area contributed by atoms with Crippen molar-refractivity contribution in [1.82, 2.24) is 5.32 Å². The number of ether oxygens (including phenoxy) is 6. The predicted molar refractivity (Wildman–Crippen MR) is 323 cm³/mol. The van der Waals surface area contributed by atoms with E-state index in [1.165, 1.54) is 116 Å². The van der Waals surface area contributed by atoms with E-state index in [1.807, 2.05) is 6.08 Å². The lowest BCUT2D eigenvalue weighted by Crippen LogP contribution is -2.66. The van der Waals surface area contributed by atoms with Gasteiger partial charge in [-0.25, -0.2) is 0 Å². The van der Waals surface area contributed by atoms with Crippen molar-refractivity contribution in [3.8, 4) is 0 Å². The van der Waals surface area contributed by atoms with Gasteiger partial charge in [-0.3, -0.25) is 4.79 Å². The molecule has 3 saturated heterocycles. The molecule has 17 atom stereocenters. The standard InChI is InChI=1S/C65H115NO18/c1-3-5-7-9-11-13-15-17-19-21-23-25-26-28-30-32-34-36-38-40-42-49(70)48(66-53(71)43-41-39-37-35-33-31-29-27-24-22-20-18-16-14-12-10-8-6-4-2)47-79-63-59(77)56(74)61(51(45-68)81-63)84-65-60(78)57(75)62(52(46-69)82-65)83-64-58(76)55(73)54(72)50(44-67)80-64/h12,14,18,20,25-26,32,34,40,42,48-52,54-65,67-70,72-78H,3-11,13,15-17,19,21-24,27-31,33,35-39,41,43-47H2,1-2H3,(H,66,71)/b14-12-,20-18-,26-25+,34-32+,42-40+. The molecule has 19 heteroatoms. The summed E-state index contributed by atoms with van der Waals surface area (Å²) in [5.74, 6) is -0.296. The number of allylic oxidation sites excluding steroid dienone is 9. The Kier molecular flexibility index (Phi) is 42.8. The highest BCUT2D eigenvalue weighted by atomic mass is 16.8. The normalized spacial score (nSPS) is 29.6. The molecule has 0 radical (unpaired) electrons. The van der Waals surface area contributed by atoms with Gasteiger partial charge in [0.2, 0.25) is 5.91 Å². The monoisotopic (exact) mass is 1200 g/mol. The molecule has 3 aliphatic heterocycles. The number of carbonyl (C=O) groups is 1. The van der Waals surface area contributed by atoms with Crippen molar-refractivity contribution < 1.29 is 89.4 Å². The Bertz CT molecular complexity index is 1770. The van der Waals surface area contributed by atoms with Gasteiger partial charge in [0.05, 0.1) is 38.6 Å². The number of nitrogens with one attached hydrogen (secondary N) is 1. The molecule has 0 saturated carbocycles. The topological polar surface area (TPSA) is 307 Å². The van der Waals surface area contributed by atoms with E-state index in [1.54, 1.807) is 6.08 Å². The van der Waals surface area contributed by atoms with Crippen LogP contribution in [0.5, 0.6) is 0 Å². The van der Waals surface area contributed by atoms with Gasteiger partial charge < -0.3 is 89.9 Å². The van der Waals surface area contributed by atoms with Crippen molar-refractivity contribution in [2.75, 3.05) is 26.4 Å². The molecule has 0 spiro atoms. The molecule has 0 bridgehead atoms. The number of amides is 1. The van der Waals surface area contributed by atoms with Crippen LogP contribution < -0.4 is 5.32 Å². The van der Waals surface area contributed by atoms with E-state index in [0.29, 0.717) is 12.8 Å². The molecule has 0 aromatic carbocycles. The summed E-state index contributed by atoms with van der Waals surface area (Å²) in [5.41, 5.74) is 0. The second-order valence-corrected chi connectivity index (χ2v) is 23.2. The van der Waals surface area contributed by atoms with Crippen LogP contribution in [0, 0.1) is 0 Å². The molecule has 3 heterocycles. The summed E-state index contributed by atoms with van der Waals surface area (Å²) in [6.45, 7) is 1.67. The molecular weight excluding hydrogens is 1080 g/mol. The minimum atomic E-state index is -1.98. The molecule has 3 fully saturated rings. The van der Waals surface area contributed by atoms with Gasteiger partial charge in [0.1, 0.15) is 73.2 Å². The molecule has 12 N–H and O–H groups in total. The average molecular weight is 1200 g/mol. The highest BCUT2D eigenvalue weighted by Gasteiger charge is 2.53. The SMILES string of the molecule is CCCCC/C=C\C/C=C\CCCCCCCCCCCC(=O)NC(COC1OC(CO)C(OC2OC(CO)C(OC3OC(CO)C(O)C(O)C3O)C(O)C2O)C(O)C1O)C(O)/C=C/CC/C=C/CC/C=C/CCCCCCCCCCCC. The summed E-state index contributed by atoms with van der Waals surface area (Å²) in [6, 6.07) is -1.00. The minimum Gasteiger partial charge on any atom is -0.394 e. The van der Waals surface area contributed by atoms with Crippen molar-refractivity contribution in [3.05, 3.63) is 60.8 Å². The molecule has 3 rings (SSSR count). The molecular formula is C65H115NO18. The first-order valence-electron chi connectivity index (χ1n) is 32.5.